The Bertz CT molecular complexity index is 339. The van der Waals surface area contributed by atoms with Crippen molar-refractivity contribution in [2.45, 2.75) is 25.3 Å². The van der Waals surface area contributed by atoms with E-state index in [0.717, 1.165) is 6.07 Å². The Morgan fingerprint density at radius 1 is 1.40 bits per heavy atom. The van der Waals surface area contributed by atoms with Crippen LogP contribution in [0.2, 0.25) is 0 Å². The molecule has 0 spiro atoms. The normalized spacial score (nSPS) is 15.0. The molecule has 3 N–H and O–H groups in total. The molecule has 1 rings (SSSR count). The lowest BCUT2D eigenvalue weighted by molar-refractivity contribution is 0.264. The van der Waals surface area contributed by atoms with Crippen LogP contribution >= 0.6 is 0 Å². The van der Waals surface area contributed by atoms with Gasteiger partial charge >= 0.3 is 0 Å². The molecule has 15 heavy (non-hydrogen) atoms. The average Bonchev–Trinajstić information content (AvgIpc) is 2.14. The molecular formula is C11H15F2NO. The molecule has 4 heteroatoms. The van der Waals surface area contributed by atoms with Crippen LogP contribution in [0.1, 0.15) is 25.3 Å². The molecule has 0 bridgehead atoms. The first-order valence-electron chi connectivity index (χ1n) is 4.82. The van der Waals surface area contributed by atoms with Crippen molar-refractivity contribution in [1.29, 1.82) is 0 Å². The molecule has 1 atom stereocenters. The second-order valence-electron chi connectivity index (χ2n) is 3.87. The third-order valence-corrected chi connectivity index (χ3v) is 2.40. The maximum absolute atomic E-state index is 13.4. The number of nitrogens with two attached hydrogens (primary N) is 1. The number of hydrogen-bond acceptors (Lipinski definition) is 2. The van der Waals surface area contributed by atoms with E-state index in [1.165, 1.54) is 12.1 Å². The Kier molecular flexibility index (Phi) is 3.77. The highest BCUT2D eigenvalue weighted by atomic mass is 19.1. The zero-order valence-electron chi connectivity index (χ0n) is 8.63. The molecule has 0 heterocycles. The number of rotatable bonds is 4. The molecule has 0 aliphatic heterocycles. The Morgan fingerprint density at radius 3 is 2.60 bits per heavy atom. The maximum Gasteiger partial charge on any atom is 0.131 e. The first-order chi connectivity index (χ1) is 6.97. The molecule has 0 radical (unpaired) electrons. The van der Waals surface area contributed by atoms with Crippen molar-refractivity contribution in [3.05, 3.63) is 35.4 Å². The Labute approximate surface area is 87.7 Å². The van der Waals surface area contributed by atoms with Crippen molar-refractivity contribution in [3.8, 4) is 0 Å². The van der Waals surface area contributed by atoms with Crippen molar-refractivity contribution in [3.63, 3.8) is 0 Å². The van der Waals surface area contributed by atoms with E-state index < -0.39 is 17.2 Å². The molecule has 0 aliphatic carbocycles. The van der Waals surface area contributed by atoms with Gasteiger partial charge in [0, 0.05) is 23.8 Å². The van der Waals surface area contributed by atoms with Crippen LogP contribution in [0.4, 0.5) is 8.78 Å². The third-order valence-electron chi connectivity index (χ3n) is 2.40. The highest BCUT2D eigenvalue weighted by Gasteiger charge is 2.24. The van der Waals surface area contributed by atoms with Crippen molar-refractivity contribution < 1.29 is 13.9 Å². The first-order valence-corrected chi connectivity index (χ1v) is 4.82. The number of halogens is 2. The van der Waals surface area contributed by atoms with Gasteiger partial charge in [-0.25, -0.2) is 8.78 Å². The van der Waals surface area contributed by atoms with Gasteiger partial charge in [0.2, 0.25) is 0 Å². The third kappa shape index (κ3) is 2.97. The molecule has 0 fully saturated rings. The summed E-state index contributed by atoms with van der Waals surface area (Å²) in [6.07, 6.45) is 0.940. The summed E-state index contributed by atoms with van der Waals surface area (Å²) < 4.78 is 26.1. The van der Waals surface area contributed by atoms with Gasteiger partial charge in [-0.2, -0.15) is 0 Å². The van der Waals surface area contributed by atoms with Gasteiger partial charge in [0.15, 0.2) is 0 Å². The number of hydrogen-bond donors (Lipinski definition) is 2. The minimum absolute atomic E-state index is 0.00953. The minimum atomic E-state index is -0.874. The van der Waals surface area contributed by atoms with Gasteiger partial charge in [-0.3, -0.25) is 0 Å². The Balaban J connectivity index is 2.93. The van der Waals surface area contributed by atoms with E-state index in [-0.39, 0.29) is 12.2 Å². The fourth-order valence-electron chi connectivity index (χ4n) is 1.53. The largest absolute Gasteiger partial charge is 0.396 e. The molecule has 1 aromatic carbocycles. The van der Waals surface area contributed by atoms with E-state index in [9.17, 15) is 8.78 Å². The lowest BCUT2D eigenvalue weighted by Crippen LogP contribution is -2.34. The quantitative estimate of drug-likeness (QED) is 0.806. The van der Waals surface area contributed by atoms with E-state index in [1.54, 1.807) is 6.92 Å². The second kappa shape index (κ2) is 4.68. The van der Waals surface area contributed by atoms with E-state index in [2.05, 4.69) is 0 Å². The lowest BCUT2D eigenvalue weighted by atomic mass is 9.88. The van der Waals surface area contributed by atoms with Crippen molar-refractivity contribution >= 4 is 0 Å². The first kappa shape index (κ1) is 12.1. The molecule has 0 saturated carbocycles. The van der Waals surface area contributed by atoms with Crippen LogP contribution in [0.3, 0.4) is 0 Å². The van der Waals surface area contributed by atoms with Crippen LogP contribution in [-0.4, -0.2) is 11.7 Å². The highest BCUT2D eigenvalue weighted by Crippen LogP contribution is 2.25. The topological polar surface area (TPSA) is 46.2 Å². The Morgan fingerprint density at radius 2 is 2.07 bits per heavy atom. The molecule has 84 valence electrons. The van der Waals surface area contributed by atoms with Gasteiger partial charge < -0.3 is 10.8 Å². The zero-order chi connectivity index (χ0) is 11.5. The molecular weight excluding hydrogens is 200 g/mol. The summed E-state index contributed by atoms with van der Waals surface area (Å²) in [4.78, 5) is 0. The van der Waals surface area contributed by atoms with Crippen LogP contribution in [-0.2, 0) is 5.54 Å². The molecule has 0 aromatic heterocycles. The lowest BCUT2D eigenvalue weighted by Gasteiger charge is -2.25. The summed E-state index contributed by atoms with van der Waals surface area (Å²) in [6, 6.07) is 3.35. The van der Waals surface area contributed by atoms with Crippen LogP contribution in [0, 0.1) is 11.6 Å². The van der Waals surface area contributed by atoms with E-state index in [4.69, 9.17) is 10.8 Å². The molecule has 0 saturated heterocycles. The van der Waals surface area contributed by atoms with E-state index in [1.807, 2.05) is 0 Å². The minimum Gasteiger partial charge on any atom is -0.396 e. The maximum atomic E-state index is 13.4. The SMILES string of the molecule is CC(N)(CCCO)c1ccc(F)cc1F. The summed E-state index contributed by atoms with van der Waals surface area (Å²) in [6.45, 7) is 1.68. The predicted octanol–water partition coefficient (Wildman–Crippen LogP) is 1.91. The summed E-state index contributed by atoms with van der Waals surface area (Å²) in [5, 5.41) is 8.68. The monoisotopic (exact) mass is 215 g/mol. The van der Waals surface area contributed by atoms with Crippen molar-refractivity contribution in [2.24, 2.45) is 5.73 Å². The fourth-order valence-corrected chi connectivity index (χ4v) is 1.53. The standard InChI is InChI=1S/C11H15F2NO/c1-11(14,5-2-6-15)9-4-3-8(12)7-10(9)13/h3-4,7,15H,2,5-6,14H2,1H3. The van der Waals surface area contributed by atoms with Crippen LogP contribution < -0.4 is 5.73 Å². The summed E-state index contributed by atoms with van der Waals surface area (Å²) >= 11 is 0. The summed E-state index contributed by atoms with van der Waals surface area (Å²) in [5.74, 6) is -1.26. The van der Waals surface area contributed by atoms with Crippen LogP contribution in [0.5, 0.6) is 0 Å². The van der Waals surface area contributed by atoms with Gasteiger partial charge in [-0.1, -0.05) is 6.07 Å². The Hall–Kier alpha value is -1.00. The molecule has 1 aromatic rings. The summed E-state index contributed by atoms with van der Waals surface area (Å²) in [7, 11) is 0. The van der Waals surface area contributed by atoms with Gasteiger partial charge in [-0.15, -0.1) is 0 Å². The van der Waals surface area contributed by atoms with Gasteiger partial charge in [0.25, 0.3) is 0 Å². The summed E-state index contributed by atoms with van der Waals surface area (Å²) in [5.41, 5.74) is 5.30. The smallest absolute Gasteiger partial charge is 0.131 e. The van der Waals surface area contributed by atoms with Crippen molar-refractivity contribution in [1.82, 2.24) is 0 Å². The van der Waals surface area contributed by atoms with E-state index in [0.29, 0.717) is 12.8 Å². The second-order valence-corrected chi connectivity index (χ2v) is 3.87. The average molecular weight is 215 g/mol. The number of aliphatic hydroxyl groups is 1. The molecule has 2 nitrogen and oxygen atoms in total. The number of benzene rings is 1. The van der Waals surface area contributed by atoms with Crippen LogP contribution in [0.25, 0.3) is 0 Å². The zero-order valence-corrected chi connectivity index (χ0v) is 8.63. The molecule has 0 amide bonds. The van der Waals surface area contributed by atoms with E-state index >= 15 is 0 Å². The van der Waals surface area contributed by atoms with Crippen molar-refractivity contribution in [2.75, 3.05) is 6.61 Å². The highest BCUT2D eigenvalue weighted by molar-refractivity contribution is 5.25. The predicted molar refractivity (Wildman–Crippen MR) is 54.2 cm³/mol. The molecule has 0 aliphatic rings. The van der Waals surface area contributed by atoms with Gasteiger partial charge in [0.1, 0.15) is 11.6 Å². The van der Waals surface area contributed by atoms with Crippen LogP contribution in [0.15, 0.2) is 18.2 Å². The fraction of sp³-hybridized carbons (Fsp3) is 0.455. The molecule has 1 unspecified atom stereocenters. The van der Waals surface area contributed by atoms with Gasteiger partial charge in [-0.05, 0) is 25.8 Å². The van der Waals surface area contributed by atoms with Gasteiger partial charge in [0.05, 0.1) is 0 Å². The number of aliphatic hydroxyl groups excluding tert-OH is 1.